The molecule has 0 fully saturated rings. The van der Waals surface area contributed by atoms with Crippen molar-refractivity contribution in [1.29, 1.82) is 0 Å². The fourth-order valence-electron chi connectivity index (χ4n) is 1.95. The van der Waals surface area contributed by atoms with Gasteiger partial charge >= 0.3 is 0 Å². The first kappa shape index (κ1) is 15.3. The maximum absolute atomic E-state index is 12.3. The van der Waals surface area contributed by atoms with E-state index in [-0.39, 0.29) is 5.91 Å². The summed E-state index contributed by atoms with van der Waals surface area (Å²) in [6.45, 7) is 4.26. The van der Waals surface area contributed by atoms with Crippen LogP contribution < -0.4 is 10.6 Å². The van der Waals surface area contributed by atoms with Gasteiger partial charge in [-0.1, -0.05) is 18.2 Å². The van der Waals surface area contributed by atoms with Crippen molar-refractivity contribution in [2.24, 2.45) is 0 Å². The number of anilines is 1. The smallest absolute Gasteiger partial charge is 0.270 e. The first-order valence-corrected chi connectivity index (χ1v) is 6.88. The molecule has 2 aromatic rings. The Balaban J connectivity index is 2.27. The molecule has 0 spiro atoms. The predicted octanol–water partition coefficient (Wildman–Crippen LogP) is 2.43. The highest BCUT2D eigenvalue weighted by Crippen LogP contribution is 2.22. The average Bonchev–Trinajstić information content (AvgIpc) is 2.51. The molecule has 5 heteroatoms. The Morgan fingerprint density at radius 2 is 2.05 bits per heavy atom. The second-order valence-electron chi connectivity index (χ2n) is 5.47. The number of fused-ring (bicyclic) bond motifs is 1. The van der Waals surface area contributed by atoms with Gasteiger partial charge in [-0.25, -0.2) is 4.98 Å². The third kappa shape index (κ3) is 3.49. The Morgan fingerprint density at radius 3 is 2.71 bits per heavy atom. The number of hydrogen-bond acceptors (Lipinski definition) is 4. The van der Waals surface area contributed by atoms with Crippen molar-refractivity contribution in [3.8, 4) is 0 Å². The molecular formula is C16H21N3O2. The van der Waals surface area contributed by atoms with E-state index in [9.17, 15) is 4.79 Å². The lowest BCUT2D eigenvalue weighted by atomic mass is 10.1. The number of para-hydroxylation sites is 1. The van der Waals surface area contributed by atoms with Crippen molar-refractivity contribution in [2.45, 2.75) is 19.4 Å². The van der Waals surface area contributed by atoms with E-state index in [1.54, 1.807) is 13.2 Å². The summed E-state index contributed by atoms with van der Waals surface area (Å²) in [4.78, 5) is 16.7. The van der Waals surface area contributed by atoms with Crippen LogP contribution in [0.15, 0.2) is 30.3 Å². The highest BCUT2D eigenvalue weighted by molar-refractivity contribution is 5.99. The Kier molecular flexibility index (Phi) is 4.43. The molecular weight excluding hydrogens is 266 g/mol. The molecule has 2 N–H and O–H groups in total. The largest absolute Gasteiger partial charge is 0.388 e. The van der Waals surface area contributed by atoms with Crippen LogP contribution >= 0.6 is 0 Å². The highest BCUT2D eigenvalue weighted by atomic mass is 16.5. The fourth-order valence-corrected chi connectivity index (χ4v) is 1.95. The molecule has 2 rings (SSSR count). The summed E-state index contributed by atoms with van der Waals surface area (Å²) in [6, 6.07) is 9.49. The average molecular weight is 287 g/mol. The number of benzene rings is 1. The Hall–Kier alpha value is -2.14. The number of carbonyl (C=O) groups is 1. The number of methoxy groups -OCH3 is 1. The van der Waals surface area contributed by atoms with Crippen molar-refractivity contribution in [3.05, 3.63) is 36.0 Å². The fraction of sp³-hybridized carbons (Fsp3) is 0.375. The zero-order chi connectivity index (χ0) is 15.5. The molecule has 0 atom stereocenters. The molecule has 0 aliphatic carbocycles. The summed E-state index contributed by atoms with van der Waals surface area (Å²) < 4.78 is 5.29. The lowest BCUT2D eigenvalue weighted by Crippen LogP contribution is -2.40. The molecule has 5 nitrogen and oxygen atoms in total. The molecule has 21 heavy (non-hydrogen) atoms. The molecule has 0 saturated heterocycles. The maximum Gasteiger partial charge on any atom is 0.270 e. The lowest BCUT2D eigenvalue weighted by molar-refractivity contribution is 0.0228. The van der Waals surface area contributed by atoms with Crippen LogP contribution in [-0.4, -0.2) is 37.2 Å². The zero-order valence-corrected chi connectivity index (χ0v) is 12.9. The first-order chi connectivity index (χ1) is 9.96. The molecule has 1 aromatic carbocycles. The van der Waals surface area contributed by atoms with E-state index in [0.717, 1.165) is 16.6 Å². The van der Waals surface area contributed by atoms with Gasteiger partial charge in [0.2, 0.25) is 0 Å². The molecule has 1 amide bonds. The van der Waals surface area contributed by atoms with Crippen LogP contribution in [0.1, 0.15) is 24.3 Å². The van der Waals surface area contributed by atoms with E-state index >= 15 is 0 Å². The number of hydrogen-bond donors (Lipinski definition) is 2. The van der Waals surface area contributed by atoms with Gasteiger partial charge in [0.25, 0.3) is 5.91 Å². The van der Waals surface area contributed by atoms with Crippen molar-refractivity contribution in [2.75, 3.05) is 26.0 Å². The minimum Gasteiger partial charge on any atom is -0.388 e. The summed E-state index contributed by atoms with van der Waals surface area (Å²) in [6.07, 6.45) is 0. The van der Waals surface area contributed by atoms with Gasteiger partial charge in [-0.05, 0) is 26.0 Å². The van der Waals surface area contributed by atoms with Crippen LogP contribution in [-0.2, 0) is 4.74 Å². The summed E-state index contributed by atoms with van der Waals surface area (Å²) in [7, 11) is 3.46. The molecule has 1 heterocycles. The topological polar surface area (TPSA) is 63.2 Å². The minimum absolute atomic E-state index is 0.206. The van der Waals surface area contributed by atoms with Crippen LogP contribution in [0, 0.1) is 0 Å². The van der Waals surface area contributed by atoms with Crippen LogP contribution in [0.4, 0.5) is 5.69 Å². The van der Waals surface area contributed by atoms with E-state index in [0.29, 0.717) is 12.2 Å². The van der Waals surface area contributed by atoms with Gasteiger partial charge < -0.3 is 15.4 Å². The number of nitrogens with one attached hydrogen (secondary N) is 2. The van der Waals surface area contributed by atoms with Crippen LogP contribution in [0.2, 0.25) is 0 Å². The van der Waals surface area contributed by atoms with E-state index in [1.165, 1.54) is 0 Å². The molecule has 0 saturated carbocycles. The van der Waals surface area contributed by atoms with Crippen molar-refractivity contribution >= 4 is 22.5 Å². The van der Waals surface area contributed by atoms with E-state index in [1.807, 2.05) is 45.2 Å². The summed E-state index contributed by atoms with van der Waals surface area (Å²) in [5.74, 6) is -0.206. The van der Waals surface area contributed by atoms with Crippen LogP contribution in [0.25, 0.3) is 10.9 Å². The van der Waals surface area contributed by atoms with E-state index in [4.69, 9.17) is 4.74 Å². The standard InChI is InChI=1S/C16H21N3O2/c1-16(2,21-4)10-18-15(20)14-9-13(17-3)11-7-5-6-8-12(11)19-14/h5-9H,10H2,1-4H3,(H,17,19)(H,18,20). The second-order valence-corrected chi connectivity index (χ2v) is 5.47. The highest BCUT2D eigenvalue weighted by Gasteiger charge is 2.19. The van der Waals surface area contributed by atoms with Crippen LogP contribution in [0.5, 0.6) is 0 Å². The number of rotatable bonds is 5. The Morgan fingerprint density at radius 1 is 1.33 bits per heavy atom. The lowest BCUT2D eigenvalue weighted by Gasteiger charge is -2.23. The molecule has 0 aliphatic rings. The number of pyridine rings is 1. The summed E-state index contributed by atoms with van der Waals surface area (Å²) in [5, 5.41) is 6.95. The SMILES string of the molecule is CNc1cc(C(=O)NCC(C)(C)OC)nc2ccccc12. The second kappa shape index (κ2) is 6.10. The molecule has 0 radical (unpaired) electrons. The summed E-state index contributed by atoms with van der Waals surface area (Å²) >= 11 is 0. The van der Waals surface area contributed by atoms with Crippen molar-refractivity contribution < 1.29 is 9.53 Å². The van der Waals surface area contributed by atoms with Gasteiger partial charge in [-0.15, -0.1) is 0 Å². The van der Waals surface area contributed by atoms with Gasteiger partial charge in [0.1, 0.15) is 5.69 Å². The minimum atomic E-state index is -0.404. The molecule has 0 aliphatic heterocycles. The normalized spacial score (nSPS) is 11.4. The first-order valence-electron chi connectivity index (χ1n) is 6.88. The Labute approximate surface area is 124 Å². The third-order valence-corrected chi connectivity index (χ3v) is 3.45. The predicted molar refractivity (Wildman–Crippen MR) is 84.7 cm³/mol. The van der Waals surface area contributed by atoms with Gasteiger partial charge in [-0.3, -0.25) is 4.79 Å². The van der Waals surface area contributed by atoms with Crippen LogP contribution in [0.3, 0.4) is 0 Å². The molecule has 0 unspecified atom stereocenters. The van der Waals surface area contributed by atoms with Crippen molar-refractivity contribution in [1.82, 2.24) is 10.3 Å². The number of carbonyl (C=O) groups excluding carboxylic acids is 1. The zero-order valence-electron chi connectivity index (χ0n) is 12.9. The number of nitrogens with zero attached hydrogens (tertiary/aromatic N) is 1. The Bertz CT molecular complexity index is 653. The maximum atomic E-state index is 12.3. The molecule has 112 valence electrons. The van der Waals surface area contributed by atoms with Crippen molar-refractivity contribution in [3.63, 3.8) is 0 Å². The van der Waals surface area contributed by atoms with E-state index < -0.39 is 5.60 Å². The van der Waals surface area contributed by atoms with Gasteiger partial charge in [0.05, 0.1) is 11.1 Å². The molecule has 0 bridgehead atoms. The quantitative estimate of drug-likeness (QED) is 0.886. The monoisotopic (exact) mass is 287 g/mol. The van der Waals surface area contributed by atoms with Gasteiger partial charge in [-0.2, -0.15) is 0 Å². The third-order valence-electron chi connectivity index (χ3n) is 3.45. The molecule has 1 aromatic heterocycles. The summed E-state index contributed by atoms with van der Waals surface area (Å²) in [5.41, 5.74) is 1.67. The number of amides is 1. The number of ether oxygens (including phenoxy) is 1. The number of aromatic nitrogens is 1. The van der Waals surface area contributed by atoms with E-state index in [2.05, 4.69) is 15.6 Å². The van der Waals surface area contributed by atoms with Gasteiger partial charge in [0, 0.05) is 31.8 Å². The van der Waals surface area contributed by atoms with Gasteiger partial charge in [0.15, 0.2) is 0 Å².